The van der Waals surface area contributed by atoms with Crippen molar-refractivity contribution < 1.29 is 14.3 Å². The number of benzene rings is 1. The molecule has 94 valence electrons. The van der Waals surface area contributed by atoms with E-state index in [1.54, 1.807) is 17.0 Å². The molecule has 1 amide bonds. The van der Waals surface area contributed by atoms with Crippen LogP contribution in [0.3, 0.4) is 0 Å². The monoisotopic (exact) mass is 247 g/mol. The average molecular weight is 247 g/mol. The minimum absolute atomic E-state index is 0.183. The fraction of sp³-hybridized carbons (Fsp3) is 0.462. The Hall–Kier alpha value is -1.91. The van der Waals surface area contributed by atoms with Crippen LogP contribution in [0, 0.1) is 4.91 Å². The molecular formula is C13H15N2O3+. The molecule has 1 fully saturated rings. The molecule has 2 aliphatic heterocycles. The molecule has 0 radical (unpaired) electrons. The summed E-state index contributed by atoms with van der Waals surface area (Å²) in [6, 6.07) is 7.21. The summed E-state index contributed by atoms with van der Waals surface area (Å²) < 4.78 is 6.49. The number of hydrogen-bond acceptors (Lipinski definition) is 3. The Morgan fingerprint density at radius 3 is 2.94 bits per heavy atom. The smallest absolute Gasteiger partial charge is 0.352 e. The number of carbonyl (C=O) groups excluding carboxylic acids is 1. The highest BCUT2D eigenvalue weighted by Crippen LogP contribution is 2.35. The third-order valence-electron chi connectivity index (χ3n) is 3.44. The number of ether oxygens (including phenoxy) is 1. The largest absolute Gasteiger partial charge is 0.423 e. The van der Waals surface area contributed by atoms with Crippen LogP contribution >= 0.6 is 0 Å². The minimum Gasteiger partial charge on any atom is -0.423 e. The highest BCUT2D eigenvalue weighted by molar-refractivity contribution is 5.78. The molecule has 0 bridgehead atoms. The van der Waals surface area contributed by atoms with Crippen molar-refractivity contribution in [3.63, 3.8) is 0 Å². The van der Waals surface area contributed by atoms with E-state index < -0.39 is 6.23 Å². The van der Waals surface area contributed by atoms with E-state index in [0.29, 0.717) is 30.8 Å². The predicted octanol–water partition coefficient (Wildman–Crippen LogP) is 1.83. The van der Waals surface area contributed by atoms with E-state index >= 15 is 0 Å². The van der Waals surface area contributed by atoms with E-state index in [2.05, 4.69) is 0 Å². The van der Waals surface area contributed by atoms with Gasteiger partial charge in [-0.3, -0.25) is 4.79 Å². The Labute approximate surface area is 105 Å². The maximum Gasteiger partial charge on any atom is 0.352 e. The highest BCUT2D eigenvalue weighted by Gasteiger charge is 2.40. The third-order valence-corrected chi connectivity index (χ3v) is 3.44. The van der Waals surface area contributed by atoms with Crippen LogP contribution in [0.5, 0.6) is 5.75 Å². The normalized spacial score (nSPS) is 22.2. The maximum absolute atomic E-state index is 12.0. The van der Waals surface area contributed by atoms with Gasteiger partial charge in [-0.05, 0) is 12.5 Å². The Bertz CT molecular complexity index is 501. The zero-order valence-electron chi connectivity index (χ0n) is 10.0. The number of fused-ring (bicyclic) bond motifs is 1. The van der Waals surface area contributed by atoms with E-state index in [9.17, 15) is 9.70 Å². The second kappa shape index (κ2) is 4.40. The van der Waals surface area contributed by atoms with E-state index in [-0.39, 0.29) is 5.91 Å². The topological polar surface area (TPSA) is 49.6 Å². The molecule has 5 heteroatoms. The van der Waals surface area contributed by atoms with Gasteiger partial charge in [-0.2, -0.15) is 0 Å². The van der Waals surface area contributed by atoms with Crippen molar-refractivity contribution in [3.05, 3.63) is 29.2 Å². The summed E-state index contributed by atoms with van der Waals surface area (Å²) in [7, 11) is 0. The molecular weight excluding hydrogens is 232 g/mol. The third kappa shape index (κ3) is 1.85. The first kappa shape index (κ1) is 11.2. The van der Waals surface area contributed by atoms with Crippen molar-refractivity contribution in [2.45, 2.75) is 25.5 Å². The zero-order valence-corrected chi connectivity index (χ0v) is 10.0. The molecule has 0 aliphatic carbocycles. The molecule has 0 aromatic heterocycles. The molecule has 1 aromatic rings. The lowest BCUT2D eigenvalue weighted by molar-refractivity contribution is -0.529. The molecule has 2 heterocycles. The van der Waals surface area contributed by atoms with Gasteiger partial charge in [-0.1, -0.05) is 12.1 Å². The molecule has 3 rings (SSSR count). The SMILES string of the molecule is O=C1CCCN1CCC1Oc2ccccc2[N+]1=O. The molecule has 1 atom stereocenters. The van der Waals surface area contributed by atoms with Gasteiger partial charge in [0.1, 0.15) is 0 Å². The lowest BCUT2D eigenvalue weighted by Crippen LogP contribution is -2.31. The molecule has 0 N–H and O–H groups in total. The Kier molecular flexibility index (Phi) is 2.74. The van der Waals surface area contributed by atoms with Gasteiger partial charge in [0.05, 0.1) is 11.2 Å². The molecule has 1 saturated heterocycles. The fourth-order valence-corrected chi connectivity index (χ4v) is 2.47. The van der Waals surface area contributed by atoms with Gasteiger partial charge in [-0.25, -0.2) is 0 Å². The molecule has 1 aromatic carbocycles. The first-order chi connectivity index (χ1) is 8.75. The predicted molar refractivity (Wildman–Crippen MR) is 64.6 cm³/mol. The summed E-state index contributed by atoms with van der Waals surface area (Å²) in [6.07, 6.45) is 1.60. The Morgan fingerprint density at radius 2 is 2.22 bits per heavy atom. The van der Waals surface area contributed by atoms with Crippen LogP contribution in [0.2, 0.25) is 0 Å². The van der Waals surface area contributed by atoms with Gasteiger partial charge in [-0.15, -0.1) is 0 Å². The lowest BCUT2D eigenvalue weighted by Gasteiger charge is -2.14. The molecule has 2 aliphatic rings. The summed E-state index contributed by atoms with van der Waals surface area (Å²) in [5, 5.41) is 0. The number of rotatable bonds is 3. The van der Waals surface area contributed by atoms with Crippen LogP contribution in [-0.4, -0.2) is 34.9 Å². The average Bonchev–Trinajstić information content (AvgIpc) is 2.92. The summed E-state index contributed by atoms with van der Waals surface area (Å²) in [4.78, 5) is 25.2. The van der Waals surface area contributed by atoms with Crippen LogP contribution in [0.4, 0.5) is 5.69 Å². The van der Waals surface area contributed by atoms with Gasteiger partial charge in [0, 0.05) is 30.5 Å². The second-order valence-corrected chi connectivity index (χ2v) is 4.64. The van der Waals surface area contributed by atoms with Crippen LogP contribution in [0.15, 0.2) is 24.3 Å². The number of hydrogen-bond donors (Lipinski definition) is 0. The quantitative estimate of drug-likeness (QED) is 0.766. The van der Waals surface area contributed by atoms with Crippen molar-refractivity contribution in [3.8, 4) is 5.75 Å². The summed E-state index contributed by atoms with van der Waals surface area (Å²) in [5.74, 6) is 0.813. The maximum atomic E-state index is 12.0. The number of amides is 1. The minimum atomic E-state index is -0.504. The highest BCUT2D eigenvalue weighted by atomic mass is 16.5. The van der Waals surface area contributed by atoms with Crippen molar-refractivity contribution in [2.24, 2.45) is 0 Å². The van der Waals surface area contributed by atoms with Gasteiger partial charge in [0.15, 0.2) is 0 Å². The second-order valence-electron chi connectivity index (χ2n) is 4.64. The van der Waals surface area contributed by atoms with Crippen LogP contribution in [-0.2, 0) is 4.79 Å². The first-order valence-corrected chi connectivity index (χ1v) is 6.25. The molecule has 0 spiro atoms. The van der Waals surface area contributed by atoms with Crippen LogP contribution in [0.25, 0.3) is 0 Å². The van der Waals surface area contributed by atoms with Crippen LogP contribution in [0.1, 0.15) is 19.3 Å². The van der Waals surface area contributed by atoms with Gasteiger partial charge in [0.25, 0.3) is 0 Å². The zero-order chi connectivity index (χ0) is 12.5. The molecule has 1 unspecified atom stereocenters. The Balaban J connectivity index is 1.63. The van der Waals surface area contributed by atoms with Gasteiger partial charge < -0.3 is 9.64 Å². The molecule has 5 nitrogen and oxygen atoms in total. The Morgan fingerprint density at radius 1 is 1.39 bits per heavy atom. The fourth-order valence-electron chi connectivity index (χ4n) is 2.47. The van der Waals surface area contributed by atoms with E-state index in [0.717, 1.165) is 17.7 Å². The molecule has 18 heavy (non-hydrogen) atoms. The van der Waals surface area contributed by atoms with E-state index in [1.165, 1.54) is 0 Å². The standard InChI is InChI=1S/C13H15N2O3/c16-12-6-3-8-14(12)9-7-13-15(17)10-4-1-2-5-11(10)18-13/h1-2,4-5,13H,3,6-9H2/q+1. The number of nitrogens with zero attached hydrogens (tertiary/aromatic N) is 2. The summed E-state index contributed by atoms with van der Waals surface area (Å²) in [6.45, 7) is 1.40. The van der Waals surface area contributed by atoms with E-state index in [4.69, 9.17) is 4.74 Å². The van der Waals surface area contributed by atoms with Crippen molar-refractivity contribution in [1.29, 1.82) is 0 Å². The number of likely N-dealkylation sites (tertiary alicyclic amines) is 1. The number of nitroso groups, excluding NO2 is 1. The number of carbonyl (C=O) groups is 1. The van der Waals surface area contributed by atoms with Gasteiger partial charge in [0.2, 0.25) is 11.7 Å². The van der Waals surface area contributed by atoms with E-state index in [1.807, 2.05) is 12.1 Å². The lowest BCUT2D eigenvalue weighted by atomic mass is 10.3. The van der Waals surface area contributed by atoms with Gasteiger partial charge >= 0.3 is 11.9 Å². The van der Waals surface area contributed by atoms with Crippen molar-refractivity contribution >= 4 is 11.6 Å². The first-order valence-electron chi connectivity index (χ1n) is 6.25. The number of para-hydroxylation sites is 2. The summed E-state index contributed by atoms with van der Waals surface area (Å²) >= 11 is 0. The van der Waals surface area contributed by atoms with Crippen molar-refractivity contribution in [2.75, 3.05) is 13.1 Å². The summed E-state index contributed by atoms with van der Waals surface area (Å²) in [5.41, 5.74) is 0.579. The van der Waals surface area contributed by atoms with Crippen LogP contribution < -0.4 is 4.74 Å². The molecule has 0 saturated carbocycles. The van der Waals surface area contributed by atoms with Crippen molar-refractivity contribution in [1.82, 2.24) is 4.90 Å².